The van der Waals surface area contributed by atoms with Crippen LogP contribution in [0.4, 0.5) is 0 Å². The van der Waals surface area contributed by atoms with Gasteiger partial charge in [-0.15, -0.1) is 0 Å². The van der Waals surface area contributed by atoms with Crippen LogP contribution in [0.3, 0.4) is 0 Å². The van der Waals surface area contributed by atoms with Gasteiger partial charge in [0.25, 0.3) is 0 Å². The van der Waals surface area contributed by atoms with Gasteiger partial charge in [-0.05, 0) is 42.5 Å². The van der Waals surface area contributed by atoms with Crippen LogP contribution in [0.2, 0.25) is 0 Å². The van der Waals surface area contributed by atoms with Crippen LogP contribution in [0.15, 0.2) is 85.6 Å². The Morgan fingerprint density at radius 2 is 1.85 bits per heavy atom. The molecule has 5 heteroatoms. The summed E-state index contributed by atoms with van der Waals surface area (Å²) in [6, 6.07) is 15.4. The highest BCUT2D eigenvalue weighted by Gasteiger charge is 2.11. The number of pyridine rings is 1. The summed E-state index contributed by atoms with van der Waals surface area (Å²) in [6.07, 6.45) is 12.2. The fourth-order valence-electron chi connectivity index (χ4n) is 2.70. The van der Waals surface area contributed by atoms with E-state index >= 15 is 0 Å². The highest BCUT2D eigenvalue weighted by molar-refractivity contribution is 6.07. The largest absolute Gasteiger partial charge is 0.367 e. The van der Waals surface area contributed by atoms with Crippen LogP contribution in [0, 0.1) is 0 Å². The first-order valence-corrected chi connectivity index (χ1v) is 8.22. The molecule has 4 rings (SSSR count). The molecule has 4 aromatic rings. The number of benzene rings is 1. The average Bonchev–Trinajstić information content (AvgIpc) is 3.38. The molecule has 0 aliphatic rings. The lowest BCUT2D eigenvalue weighted by molar-refractivity contribution is 0.104. The number of hydrogen-bond donors (Lipinski definition) is 1. The molecule has 0 bridgehead atoms. The first kappa shape index (κ1) is 15.8. The number of hydrogen-bond acceptors (Lipinski definition) is 3. The zero-order valence-corrected chi connectivity index (χ0v) is 13.9. The van der Waals surface area contributed by atoms with E-state index in [0.29, 0.717) is 5.56 Å². The second-order valence-corrected chi connectivity index (χ2v) is 5.75. The molecule has 0 saturated carbocycles. The maximum absolute atomic E-state index is 12.3. The molecule has 1 aromatic carbocycles. The lowest BCUT2D eigenvalue weighted by Gasteiger charge is -2.00. The molecule has 0 unspecified atom stereocenters. The number of aromatic nitrogens is 4. The zero-order chi connectivity index (χ0) is 17.8. The predicted molar refractivity (Wildman–Crippen MR) is 101 cm³/mol. The number of nitrogens with zero attached hydrogens (tertiary/aromatic N) is 3. The van der Waals surface area contributed by atoms with Crippen molar-refractivity contribution in [1.82, 2.24) is 19.7 Å². The summed E-state index contributed by atoms with van der Waals surface area (Å²) in [5.41, 5.74) is 4.20. The van der Waals surface area contributed by atoms with Crippen LogP contribution in [0.25, 0.3) is 23.0 Å². The van der Waals surface area contributed by atoms with Crippen LogP contribution in [0.1, 0.15) is 15.9 Å². The van der Waals surface area contributed by atoms with Gasteiger partial charge in [0.1, 0.15) is 5.69 Å². The van der Waals surface area contributed by atoms with Crippen molar-refractivity contribution in [2.75, 3.05) is 0 Å². The van der Waals surface area contributed by atoms with Crippen molar-refractivity contribution < 1.29 is 4.79 Å². The zero-order valence-electron chi connectivity index (χ0n) is 13.9. The van der Waals surface area contributed by atoms with Gasteiger partial charge < -0.3 is 4.98 Å². The highest BCUT2D eigenvalue weighted by atomic mass is 16.1. The summed E-state index contributed by atoms with van der Waals surface area (Å²) in [4.78, 5) is 19.2. The minimum atomic E-state index is -0.0561. The summed E-state index contributed by atoms with van der Waals surface area (Å²) >= 11 is 0. The third-order valence-corrected chi connectivity index (χ3v) is 4.01. The number of para-hydroxylation sites is 1. The van der Waals surface area contributed by atoms with Crippen molar-refractivity contribution in [3.8, 4) is 16.9 Å². The normalized spacial score (nSPS) is 11.1. The number of aromatic amines is 1. The molecule has 0 fully saturated rings. The Hall–Kier alpha value is -3.73. The Kier molecular flexibility index (Phi) is 4.26. The third kappa shape index (κ3) is 3.23. The quantitative estimate of drug-likeness (QED) is 0.438. The number of ketones is 1. The molecule has 126 valence electrons. The number of nitrogens with one attached hydrogen (secondary N) is 1. The van der Waals surface area contributed by atoms with E-state index < -0.39 is 0 Å². The average molecular weight is 340 g/mol. The number of allylic oxidation sites excluding steroid dienone is 1. The molecule has 0 spiro atoms. The summed E-state index contributed by atoms with van der Waals surface area (Å²) in [6.45, 7) is 0. The minimum absolute atomic E-state index is 0.0561. The fourth-order valence-corrected chi connectivity index (χ4v) is 2.70. The minimum Gasteiger partial charge on any atom is -0.367 e. The van der Waals surface area contributed by atoms with Crippen LogP contribution in [0.5, 0.6) is 0 Å². The SMILES string of the molecule is O=C(/C=C/c1cn(-c2ccccc2)nc1-c1ccncc1)c1cc[nH]c1. The summed E-state index contributed by atoms with van der Waals surface area (Å²) in [5.74, 6) is -0.0561. The second-order valence-electron chi connectivity index (χ2n) is 5.75. The van der Waals surface area contributed by atoms with Gasteiger partial charge in [-0.25, -0.2) is 4.68 Å². The van der Waals surface area contributed by atoms with Crippen molar-refractivity contribution >= 4 is 11.9 Å². The molecule has 1 N–H and O–H groups in total. The molecule has 0 aliphatic carbocycles. The Labute approximate surface area is 150 Å². The second kappa shape index (κ2) is 7.03. The fraction of sp³-hybridized carbons (Fsp3) is 0. The number of H-pyrrole nitrogens is 1. The molecule has 0 radical (unpaired) electrons. The van der Waals surface area contributed by atoms with Gasteiger partial charge in [0.05, 0.1) is 5.69 Å². The first-order chi connectivity index (χ1) is 12.8. The molecule has 5 nitrogen and oxygen atoms in total. The molecular formula is C21H16N4O. The predicted octanol–water partition coefficient (Wildman–Crippen LogP) is 4.16. The molecule has 3 aromatic heterocycles. The van der Waals surface area contributed by atoms with Crippen molar-refractivity contribution in [2.45, 2.75) is 0 Å². The molecular weight excluding hydrogens is 324 g/mol. The lowest BCUT2D eigenvalue weighted by atomic mass is 10.1. The van der Waals surface area contributed by atoms with Crippen LogP contribution < -0.4 is 0 Å². The molecule has 0 atom stereocenters. The van der Waals surface area contributed by atoms with E-state index in [9.17, 15) is 4.79 Å². The number of rotatable bonds is 5. The Morgan fingerprint density at radius 1 is 1.04 bits per heavy atom. The maximum atomic E-state index is 12.3. The monoisotopic (exact) mass is 340 g/mol. The van der Waals surface area contributed by atoms with E-state index in [-0.39, 0.29) is 5.78 Å². The van der Waals surface area contributed by atoms with E-state index in [1.54, 1.807) is 43.0 Å². The summed E-state index contributed by atoms with van der Waals surface area (Å²) in [7, 11) is 0. The smallest absolute Gasteiger partial charge is 0.187 e. The third-order valence-electron chi connectivity index (χ3n) is 4.01. The Morgan fingerprint density at radius 3 is 2.58 bits per heavy atom. The molecule has 26 heavy (non-hydrogen) atoms. The van der Waals surface area contributed by atoms with Crippen LogP contribution in [-0.4, -0.2) is 25.5 Å². The van der Waals surface area contributed by atoms with E-state index in [1.807, 2.05) is 53.3 Å². The molecule has 0 amide bonds. The van der Waals surface area contributed by atoms with Gasteiger partial charge >= 0.3 is 0 Å². The topological polar surface area (TPSA) is 63.6 Å². The molecule has 0 saturated heterocycles. The standard InChI is InChI=1S/C21H16N4O/c26-20(17-10-13-23-14-17)7-6-18-15-25(19-4-2-1-3-5-19)24-21(18)16-8-11-22-12-9-16/h1-15,23H/b7-6+. The number of carbonyl (C=O) groups excluding carboxylic acids is 1. The lowest BCUT2D eigenvalue weighted by Crippen LogP contribution is -1.93. The van der Waals surface area contributed by atoms with Crippen molar-refractivity contribution in [3.63, 3.8) is 0 Å². The van der Waals surface area contributed by atoms with Crippen molar-refractivity contribution in [3.05, 3.63) is 96.7 Å². The van der Waals surface area contributed by atoms with E-state index in [0.717, 1.165) is 22.5 Å². The van der Waals surface area contributed by atoms with Gasteiger partial charge in [0, 0.05) is 47.7 Å². The Bertz CT molecular complexity index is 1030. The molecule has 0 aliphatic heterocycles. The van der Waals surface area contributed by atoms with Crippen LogP contribution >= 0.6 is 0 Å². The van der Waals surface area contributed by atoms with E-state index in [2.05, 4.69) is 9.97 Å². The van der Waals surface area contributed by atoms with Gasteiger partial charge in [0.2, 0.25) is 0 Å². The van der Waals surface area contributed by atoms with Gasteiger partial charge in [-0.3, -0.25) is 9.78 Å². The van der Waals surface area contributed by atoms with Gasteiger partial charge in [-0.1, -0.05) is 18.2 Å². The summed E-state index contributed by atoms with van der Waals surface area (Å²) < 4.78 is 1.82. The Balaban J connectivity index is 1.74. The van der Waals surface area contributed by atoms with Gasteiger partial charge in [-0.2, -0.15) is 5.10 Å². The van der Waals surface area contributed by atoms with E-state index in [1.165, 1.54) is 0 Å². The van der Waals surface area contributed by atoms with Gasteiger partial charge in [0.15, 0.2) is 5.78 Å². The maximum Gasteiger partial charge on any atom is 0.187 e. The summed E-state index contributed by atoms with van der Waals surface area (Å²) in [5, 5.41) is 4.71. The number of carbonyl (C=O) groups is 1. The highest BCUT2D eigenvalue weighted by Crippen LogP contribution is 2.24. The van der Waals surface area contributed by atoms with Crippen molar-refractivity contribution in [1.29, 1.82) is 0 Å². The van der Waals surface area contributed by atoms with Crippen molar-refractivity contribution in [2.24, 2.45) is 0 Å². The first-order valence-electron chi connectivity index (χ1n) is 8.22. The van der Waals surface area contributed by atoms with E-state index in [4.69, 9.17) is 5.10 Å². The van der Waals surface area contributed by atoms with Crippen LogP contribution in [-0.2, 0) is 0 Å². The molecule has 3 heterocycles.